The molecule has 2 rings (SSSR count). The molecule has 0 bridgehead atoms. The second-order valence-electron chi connectivity index (χ2n) is 4.36. The first-order valence-corrected chi connectivity index (χ1v) is 6.50. The number of hydrogen-bond acceptors (Lipinski definition) is 4. The minimum Gasteiger partial charge on any atom is -0.323 e. The van der Waals surface area contributed by atoms with Crippen molar-refractivity contribution in [2.45, 2.75) is 38.1 Å². The van der Waals surface area contributed by atoms with Gasteiger partial charge in [0.2, 0.25) is 0 Å². The van der Waals surface area contributed by atoms with E-state index in [9.17, 15) is 10.1 Å². The molecule has 88 valence electrons. The van der Waals surface area contributed by atoms with E-state index in [1.54, 1.807) is 6.07 Å². The van der Waals surface area contributed by atoms with E-state index < -0.39 is 0 Å². The van der Waals surface area contributed by atoms with Gasteiger partial charge in [0.1, 0.15) is 0 Å². The highest BCUT2D eigenvalue weighted by atomic mass is 32.1. The second kappa shape index (κ2) is 4.93. The van der Waals surface area contributed by atoms with Crippen LogP contribution >= 0.6 is 11.3 Å². The van der Waals surface area contributed by atoms with E-state index in [-0.39, 0.29) is 16.0 Å². The van der Waals surface area contributed by atoms with Crippen molar-refractivity contribution in [2.75, 3.05) is 0 Å². The molecule has 1 aromatic heterocycles. The standard InChI is InChI=1S/C11H16N2O2S/c12-11(8-4-2-1-3-5-8)9-6-7-10(16-9)13(14)15/h6-8,11H,1-5,12H2/t11-/m1/s1. The van der Waals surface area contributed by atoms with Crippen molar-refractivity contribution in [1.82, 2.24) is 0 Å². The van der Waals surface area contributed by atoms with Gasteiger partial charge in [0, 0.05) is 17.0 Å². The molecule has 16 heavy (non-hydrogen) atoms. The molecule has 5 heteroatoms. The lowest BCUT2D eigenvalue weighted by Crippen LogP contribution is -2.22. The average molecular weight is 240 g/mol. The number of rotatable bonds is 3. The van der Waals surface area contributed by atoms with E-state index in [0.29, 0.717) is 5.92 Å². The van der Waals surface area contributed by atoms with E-state index in [4.69, 9.17) is 5.73 Å². The molecule has 0 spiro atoms. The van der Waals surface area contributed by atoms with Crippen LogP contribution in [0.4, 0.5) is 5.00 Å². The van der Waals surface area contributed by atoms with E-state index in [1.165, 1.54) is 30.6 Å². The Morgan fingerprint density at radius 2 is 2.06 bits per heavy atom. The van der Waals surface area contributed by atoms with Crippen LogP contribution in [0, 0.1) is 16.0 Å². The van der Waals surface area contributed by atoms with Crippen molar-refractivity contribution >= 4 is 16.3 Å². The molecule has 0 amide bonds. The van der Waals surface area contributed by atoms with E-state index in [0.717, 1.165) is 17.7 Å². The lowest BCUT2D eigenvalue weighted by atomic mass is 9.84. The quantitative estimate of drug-likeness (QED) is 0.651. The second-order valence-corrected chi connectivity index (χ2v) is 5.45. The summed E-state index contributed by atoms with van der Waals surface area (Å²) in [6.07, 6.45) is 6.10. The van der Waals surface area contributed by atoms with Crippen LogP contribution in [0.25, 0.3) is 0 Å². The molecule has 0 aromatic carbocycles. The lowest BCUT2D eigenvalue weighted by Gasteiger charge is -2.26. The Morgan fingerprint density at radius 1 is 1.38 bits per heavy atom. The molecule has 0 radical (unpaired) electrons. The lowest BCUT2D eigenvalue weighted by molar-refractivity contribution is -0.380. The van der Waals surface area contributed by atoms with Gasteiger partial charge in [-0.2, -0.15) is 0 Å². The number of nitro groups is 1. The van der Waals surface area contributed by atoms with Crippen LogP contribution in [0.5, 0.6) is 0 Å². The molecular weight excluding hydrogens is 224 g/mol. The van der Waals surface area contributed by atoms with Crippen LogP contribution in [0.15, 0.2) is 12.1 Å². The van der Waals surface area contributed by atoms with E-state index in [1.807, 2.05) is 6.07 Å². The Balaban J connectivity index is 2.07. The zero-order chi connectivity index (χ0) is 11.5. The number of nitrogens with two attached hydrogens (primary N) is 1. The first-order chi connectivity index (χ1) is 7.68. The Labute approximate surface area is 98.6 Å². The highest BCUT2D eigenvalue weighted by molar-refractivity contribution is 7.15. The predicted octanol–water partition coefficient (Wildman–Crippen LogP) is 3.24. The fourth-order valence-electron chi connectivity index (χ4n) is 2.35. The number of hydrogen-bond donors (Lipinski definition) is 1. The summed E-state index contributed by atoms with van der Waals surface area (Å²) in [5.41, 5.74) is 6.17. The summed E-state index contributed by atoms with van der Waals surface area (Å²) in [6, 6.07) is 3.35. The maximum absolute atomic E-state index is 10.6. The van der Waals surface area contributed by atoms with Crippen molar-refractivity contribution in [1.29, 1.82) is 0 Å². The Kier molecular flexibility index (Phi) is 3.56. The summed E-state index contributed by atoms with van der Waals surface area (Å²) in [4.78, 5) is 11.2. The zero-order valence-corrected chi connectivity index (χ0v) is 9.91. The monoisotopic (exact) mass is 240 g/mol. The van der Waals surface area contributed by atoms with Gasteiger partial charge in [-0.1, -0.05) is 30.6 Å². The molecule has 1 aromatic rings. The Bertz CT molecular complexity index is 372. The first-order valence-electron chi connectivity index (χ1n) is 5.68. The molecule has 4 nitrogen and oxygen atoms in total. The van der Waals surface area contributed by atoms with Crippen LogP contribution in [0.2, 0.25) is 0 Å². The fraction of sp³-hybridized carbons (Fsp3) is 0.636. The summed E-state index contributed by atoms with van der Waals surface area (Å²) >= 11 is 1.22. The fourth-order valence-corrected chi connectivity index (χ4v) is 3.26. The van der Waals surface area contributed by atoms with Crippen molar-refractivity contribution < 1.29 is 4.92 Å². The molecular formula is C11H16N2O2S. The SMILES string of the molecule is N[C@@H](c1ccc([N+](=O)[O-])s1)C1CCCCC1. The van der Waals surface area contributed by atoms with Crippen LogP contribution in [0.1, 0.15) is 43.0 Å². The molecule has 0 unspecified atom stereocenters. The summed E-state index contributed by atoms with van der Waals surface area (Å²) in [6.45, 7) is 0. The van der Waals surface area contributed by atoms with Crippen molar-refractivity contribution in [3.63, 3.8) is 0 Å². The average Bonchev–Trinajstić information content (AvgIpc) is 2.78. The molecule has 1 heterocycles. The van der Waals surface area contributed by atoms with Gasteiger partial charge in [-0.15, -0.1) is 0 Å². The summed E-state index contributed by atoms with van der Waals surface area (Å²) < 4.78 is 0. The molecule has 2 N–H and O–H groups in total. The van der Waals surface area contributed by atoms with Crippen molar-refractivity contribution in [3.05, 3.63) is 27.1 Å². The number of nitrogens with zero attached hydrogens (tertiary/aromatic N) is 1. The molecule has 1 fully saturated rings. The van der Waals surface area contributed by atoms with Crippen molar-refractivity contribution in [3.8, 4) is 0 Å². The van der Waals surface area contributed by atoms with Gasteiger partial charge < -0.3 is 5.73 Å². The van der Waals surface area contributed by atoms with Crippen molar-refractivity contribution in [2.24, 2.45) is 11.7 Å². The van der Waals surface area contributed by atoms with Crippen LogP contribution < -0.4 is 5.73 Å². The van der Waals surface area contributed by atoms with Crippen LogP contribution in [-0.2, 0) is 0 Å². The van der Waals surface area contributed by atoms with E-state index in [2.05, 4.69) is 0 Å². The zero-order valence-electron chi connectivity index (χ0n) is 9.09. The summed E-state index contributed by atoms with van der Waals surface area (Å²) in [5, 5.41) is 10.8. The third-order valence-electron chi connectivity index (χ3n) is 3.28. The molecule has 1 aliphatic rings. The van der Waals surface area contributed by atoms with Gasteiger partial charge in [-0.25, -0.2) is 0 Å². The number of thiophene rings is 1. The minimum absolute atomic E-state index is 0.0148. The Hall–Kier alpha value is -0.940. The van der Waals surface area contributed by atoms with Crippen LogP contribution in [0.3, 0.4) is 0 Å². The maximum Gasteiger partial charge on any atom is 0.324 e. The van der Waals surface area contributed by atoms with Gasteiger partial charge in [0.15, 0.2) is 0 Å². The highest BCUT2D eigenvalue weighted by Gasteiger charge is 2.24. The minimum atomic E-state index is -0.345. The van der Waals surface area contributed by atoms with Gasteiger partial charge in [0.25, 0.3) is 0 Å². The largest absolute Gasteiger partial charge is 0.324 e. The summed E-state index contributed by atoms with van der Waals surface area (Å²) in [5.74, 6) is 0.506. The topological polar surface area (TPSA) is 69.2 Å². The molecule has 1 aliphatic carbocycles. The highest BCUT2D eigenvalue weighted by Crippen LogP contribution is 2.37. The van der Waals surface area contributed by atoms with Gasteiger partial charge in [-0.05, 0) is 24.8 Å². The smallest absolute Gasteiger partial charge is 0.323 e. The predicted molar refractivity (Wildman–Crippen MR) is 64.5 cm³/mol. The summed E-state index contributed by atoms with van der Waals surface area (Å²) in [7, 11) is 0. The molecule has 1 atom stereocenters. The third-order valence-corrected chi connectivity index (χ3v) is 4.42. The Morgan fingerprint density at radius 3 is 2.62 bits per heavy atom. The third kappa shape index (κ3) is 2.41. The van der Waals surface area contributed by atoms with E-state index >= 15 is 0 Å². The first kappa shape index (κ1) is 11.5. The molecule has 1 saturated carbocycles. The maximum atomic E-state index is 10.6. The normalized spacial score (nSPS) is 19.6. The molecule has 0 aliphatic heterocycles. The van der Waals surface area contributed by atoms with Gasteiger partial charge in [-0.3, -0.25) is 10.1 Å². The van der Waals surface area contributed by atoms with Gasteiger partial charge >= 0.3 is 5.00 Å². The van der Waals surface area contributed by atoms with Crippen LogP contribution in [-0.4, -0.2) is 4.92 Å². The molecule has 0 saturated heterocycles. The van der Waals surface area contributed by atoms with Gasteiger partial charge in [0.05, 0.1) is 4.92 Å².